The highest BCUT2D eigenvalue weighted by Crippen LogP contribution is 2.38. The van der Waals surface area contributed by atoms with Crippen LogP contribution in [0.2, 0.25) is 0 Å². The summed E-state index contributed by atoms with van der Waals surface area (Å²) in [5.41, 5.74) is 3.33. The molecule has 1 aliphatic rings. The molecule has 1 fully saturated rings. The topological polar surface area (TPSA) is 114 Å². The maximum atomic E-state index is 13.5. The van der Waals surface area contributed by atoms with E-state index in [1.165, 1.54) is 0 Å². The monoisotopic (exact) mass is 424 g/mol. The Morgan fingerprint density at radius 3 is 2.48 bits per heavy atom. The summed E-state index contributed by atoms with van der Waals surface area (Å²) in [6, 6.07) is 1.12. The number of morpholine rings is 1. The summed E-state index contributed by atoms with van der Waals surface area (Å²) < 4.78 is 70.0. The van der Waals surface area contributed by atoms with Gasteiger partial charge < -0.3 is 26.0 Å². The third-order valence-corrected chi connectivity index (χ3v) is 3.91. The van der Waals surface area contributed by atoms with Crippen LogP contribution in [0.5, 0.6) is 0 Å². The van der Waals surface area contributed by atoms with Crippen LogP contribution >= 0.6 is 0 Å². The van der Waals surface area contributed by atoms with Crippen molar-refractivity contribution in [2.24, 2.45) is 5.73 Å². The summed E-state index contributed by atoms with van der Waals surface area (Å²) in [7, 11) is 0. The minimum Gasteiger partial charge on any atom is -0.370 e. The number of amides is 3. The van der Waals surface area contributed by atoms with Crippen LogP contribution in [0.25, 0.3) is 0 Å². The Morgan fingerprint density at radius 2 is 1.93 bits per heavy atom. The normalized spacial score (nSPS) is 16.0. The van der Waals surface area contributed by atoms with E-state index in [-0.39, 0.29) is 25.4 Å². The van der Waals surface area contributed by atoms with E-state index in [1.807, 2.05) is 0 Å². The number of alkyl halides is 5. The number of nitrogens with one attached hydrogen (secondary N) is 2. The number of hydrogen-bond donors (Lipinski definition) is 3. The molecule has 1 heterocycles. The van der Waals surface area contributed by atoms with Crippen molar-refractivity contribution >= 4 is 29.1 Å². The van der Waals surface area contributed by atoms with Crippen molar-refractivity contribution in [3.8, 4) is 0 Å². The second kappa shape index (κ2) is 9.13. The Kier molecular flexibility index (Phi) is 7.08. The number of hydrogen-bond acceptors (Lipinski definition) is 5. The van der Waals surface area contributed by atoms with E-state index in [0.717, 1.165) is 17.0 Å². The fourth-order valence-electron chi connectivity index (χ4n) is 2.54. The number of halogens is 5. The molecule has 4 N–H and O–H groups in total. The molecular weight excluding hydrogens is 407 g/mol. The van der Waals surface area contributed by atoms with Crippen LogP contribution in [-0.4, -0.2) is 56.5 Å². The Bertz CT molecular complexity index is 787. The quantitative estimate of drug-likeness (QED) is 0.583. The molecular formula is C16H17F5N4O4. The van der Waals surface area contributed by atoms with Gasteiger partial charge in [-0.3, -0.25) is 14.4 Å². The summed E-state index contributed by atoms with van der Waals surface area (Å²) in [4.78, 5) is 35.9. The number of ether oxygens (including phenoxy) is 1. The van der Waals surface area contributed by atoms with Crippen molar-refractivity contribution < 1.29 is 41.1 Å². The molecule has 1 aliphatic heterocycles. The zero-order chi connectivity index (χ0) is 21.8. The van der Waals surface area contributed by atoms with Gasteiger partial charge in [-0.05, 0) is 18.2 Å². The van der Waals surface area contributed by atoms with Gasteiger partial charge in [-0.2, -0.15) is 22.0 Å². The Balaban J connectivity index is 2.26. The van der Waals surface area contributed by atoms with Crippen molar-refractivity contribution in [3.05, 3.63) is 23.8 Å². The SMILES string of the molecule is NC[C@@H](NC(=O)C(F)F)C(=O)Nc1ccc(N2CCOCC2=O)c(C(F)(F)F)c1. The van der Waals surface area contributed by atoms with Gasteiger partial charge in [-0.1, -0.05) is 0 Å². The smallest absolute Gasteiger partial charge is 0.370 e. The number of carbonyl (C=O) groups excluding carboxylic acids is 3. The average molecular weight is 424 g/mol. The van der Waals surface area contributed by atoms with E-state index in [2.05, 4.69) is 5.32 Å². The fourth-order valence-corrected chi connectivity index (χ4v) is 2.54. The van der Waals surface area contributed by atoms with Crippen LogP contribution in [0.15, 0.2) is 18.2 Å². The molecule has 1 atom stereocenters. The first-order valence-electron chi connectivity index (χ1n) is 8.23. The Morgan fingerprint density at radius 1 is 1.24 bits per heavy atom. The van der Waals surface area contributed by atoms with Crippen molar-refractivity contribution in [1.82, 2.24) is 5.32 Å². The van der Waals surface area contributed by atoms with E-state index in [0.29, 0.717) is 6.07 Å². The number of rotatable bonds is 6. The Labute approximate surface area is 161 Å². The molecule has 13 heteroatoms. The molecule has 160 valence electrons. The summed E-state index contributed by atoms with van der Waals surface area (Å²) in [6.45, 7) is -0.944. The van der Waals surface area contributed by atoms with Crippen LogP contribution in [0.1, 0.15) is 5.56 Å². The third-order valence-electron chi connectivity index (χ3n) is 3.91. The van der Waals surface area contributed by atoms with Crippen LogP contribution in [0, 0.1) is 0 Å². The van der Waals surface area contributed by atoms with Crippen LogP contribution < -0.4 is 21.3 Å². The van der Waals surface area contributed by atoms with E-state index < -0.39 is 54.2 Å². The lowest BCUT2D eigenvalue weighted by molar-refractivity contribution is -0.137. The van der Waals surface area contributed by atoms with Gasteiger partial charge in [0, 0.05) is 18.8 Å². The average Bonchev–Trinajstić information content (AvgIpc) is 2.65. The highest BCUT2D eigenvalue weighted by Gasteiger charge is 2.37. The van der Waals surface area contributed by atoms with Crippen molar-refractivity contribution in [2.45, 2.75) is 18.6 Å². The molecule has 0 saturated carbocycles. The molecule has 0 aromatic heterocycles. The van der Waals surface area contributed by atoms with E-state index in [1.54, 1.807) is 5.32 Å². The lowest BCUT2D eigenvalue weighted by Crippen LogP contribution is -2.50. The van der Waals surface area contributed by atoms with Crippen LogP contribution in [0.4, 0.5) is 33.3 Å². The molecule has 0 unspecified atom stereocenters. The molecule has 1 saturated heterocycles. The molecule has 29 heavy (non-hydrogen) atoms. The van der Waals surface area contributed by atoms with Crippen molar-refractivity contribution in [1.29, 1.82) is 0 Å². The molecule has 1 aromatic rings. The van der Waals surface area contributed by atoms with Crippen molar-refractivity contribution in [2.75, 3.05) is 36.5 Å². The minimum atomic E-state index is -4.86. The first kappa shape index (κ1) is 22.5. The molecule has 1 aromatic carbocycles. The van der Waals surface area contributed by atoms with Gasteiger partial charge in [0.2, 0.25) is 5.91 Å². The summed E-state index contributed by atoms with van der Waals surface area (Å²) in [5, 5.41) is 3.77. The molecule has 0 radical (unpaired) electrons. The van der Waals surface area contributed by atoms with Gasteiger partial charge in [-0.25, -0.2) is 0 Å². The maximum absolute atomic E-state index is 13.5. The first-order valence-corrected chi connectivity index (χ1v) is 8.23. The zero-order valence-electron chi connectivity index (χ0n) is 14.8. The molecule has 3 amide bonds. The van der Waals surface area contributed by atoms with E-state index >= 15 is 0 Å². The Hall–Kier alpha value is -2.80. The highest BCUT2D eigenvalue weighted by atomic mass is 19.4. The summed E-state index contributed by atoms with van der Waals surface area (Å²) >= 11 is 0. The number of carbonyl (C=O) groups is 3. The number of nitrogens with two attached hydrogens (primary N) is 1. The van der Waals surface area contributed by atoms with Gasteiger partial charge in [-0.15, -0.1) is 0 Å². The first-order chi connectivity index (χ1) is 13.5. The molecule has 8 nitrogen and oxygen atoms in total. The van der Waals surface area contributed by atoms with Gasteiger partial charge in [0.05, 0.1) is 17.9 Å². The molecule has 0 spiro atoms. The molecule has 0 aliphatic carbocycles. The van der Waals surface area contributed by atoms with Gasteiger partial charge in [0.15, 0.2) is 0 Å². The van der Waals surface area contributed by atoms with Gasteiger partial charge in [0.1, 0.15) is 12.6 Å². The fraction of sp³-hybridized carbons (Fsp3) is 0.438. The molecule has 2 rings (SSSR count). The lowest BCUT2D eigenvalue weighted by atomic mass is 10.1. The standard InChI is InChI=1S/C16H17F5N4O4/c17-13(18)15(28)24-10(6-22)14(27)23-8-1-2-11(9(5-8)16(19,20)21)25-3-4-29-7-12(25)26/h1-2,5,10,13H,3-4,6-7,22H2,(H,23,27)(H,24,28)/t10-/m1/s1. The van der Waals surface area contributed by atoms with Gasteiger partial charge in [0.25, 0.3) is 11.8 Å². The second-order valence-electron chi connectivity index (χ2n) is 5.91. The van der Waals surface area contributed by atoms with E-state index in [4.69, 9.17) is 10.5 Å². The third kappa shape index (κ3) is 5.60. The summed E-state index contributed by atoms with van der Waals surface area (Å²) in [6.07, 6.45) is -8.25. The minimum absolute atomic E-state index is 0.0591. The summed E-state index contributed by atoms with van der Waals surface area (Å²) in [5.74, 6) is -3.48. The molecule has 0 bridgehead atoms. The zero-order valence-corrected chi connectivity index (χ0v) is 14.8. The van der Waals surface area contributed by atoms with Crippen molar-refractivity contribution in [3.63, 3.8) is 0 Å². The number of nitrogens with zero attached hydrogens (tertiary/aromatic N) is 1. The maximum Gasteiger partial charge on any atom is 0.418 e. The lowest BCUT2D eigenvalue weighted by Gasteiger charge is -2.29. The number of benzene rings is 1. The van der Waals surface area contributed by atoms with E-state index in [9.17, 15) is 36.3 Å². The predicted octanol–water partition coefficient (Wildman–Crippen LogP) is 0.716. The van der Waals surface area contributed by atoms with Gasteiger partial charge >= 0.3 is 12.6 Å². The second-order valence-corrected chi connectivity index (χ2v) is 5.91. The largest absolute Gasteiger partial charge is 0.418 e. The predicted molar refractivity (Wildman–Crippen MR) is 90.2 cm³/mol. The van der Waals surface area contributed by atoms with Crippen LogP contribution in [-0.2, 0) is 25.3 Å². The highest BCUT2D eigenvalue weighted by molar-refractivity contribution is 5.99. The van der Waals surface area contributed by atoms with Crippen LogP contribution in [0.3, 0.4) is 0 Å². The number of anilines is 2.